The molecule has 0 N–H and O–H groups in total. The van der Waals surface area contributed by atoms with E-state index in [-0.39, 0.29) is 0 Å². The fourth-order valence-electron chi connectivity index (χ4n) is 3.64. The van der Waals surface area contributed by atoms with Gasteiger partial charge in [-0.15, -0.1) is 0 Å². The van der Waals surface area contributed by atoms with Crippen LogP contribution in [0.4, 0.5) is 0 Å². The van der Waals surface area contributed by atoms with E-state index in [1.807, 2.05) is 18.3 Å². The first-order valence-electron chi connectivity index (χ1n) is 8.09. The van der Waals surface area contributed by atoms with Gasteiger partial charge in [-0.2, -0.15) is 0 Å². The van der Waals surface area contributed by atoms with Gasteiger partial charge in [0.2, 0.25) is 0 Å². The van der Waals surface area contributed by atoms with Gasteiger partial charge in [-0.3, -0.25) is 4.98 Å². The topological polar surface area (TPSA) is 39.2 Å². The minimum Gasteiger partial charge on any atom is -0.785 e. The minimum atomic E-state index is 0.573. The van der Waals surface area contributed by atoms with Crippen LogP contribution in [0.2, 0.25) is 5.02 Å². The SMILES string of the molecule is [O-]N1CCC(=C2c3ccc(Cl)cc3CCc3cccnc32)CC1. The molecular formula is C19H18ClN2O-. The molecule has 4 heteroatoms. The molecule has 23 heavy (non-hydrogen) atoms. The highest BCUT2D eigenvalue weighted by molar-refractivity contribution is 6.30. The summed E-state index contributed by atoms with van der Waals surface area (Å²) in [6.07, 6.45) is 5.44. The summed E-state index contributed by atoms with van der Waals surface area (Å²) < 4.78 is 0. The zero-order valence-electron chi connectivity index (χ0n) is 12.9. The Hall–Kier alpha value is -1.68. The summed E-state index contributed by atoms with van der Waals surface area (Å²) in [6.45, 7) is 1.15. The monoisotopic (exact) mass is 325 g/mol. The molecule has 1 aliphatic carbocycles. The number of benzene rings is 1. The summed E-state index contributed by atoms with van der Waals surface area (Å²) in [7, 11) is 0. The maximum absolute atomic E-state index is 11.6. The Bertz CT molecular complexity index is 775. The highest BCUT2D eigenvalue weighted by Crippen LogP contribution is 2.38. The first-order chi connectivity index (χ1) is 11.2. The predicted molar refractivity (Wildman–Crippen MR) is 93.3 cm³/mol. The summed E-state index contributed by atoms with van der Waals surface area (Å²) in [5, 5.41) is 13.5. The second kappa shape index (κ2) is 6.08. The minimum absolute atomic E-state index is 0.573. The van der Waals surface area contributed by atoms with Crippen molar-refractivity contribution in [2.45, 2.75) is 25.7 Å². The molecule has 1 aromatic carbocycles. The van der Waals surface area contributed by atoms with Gasteiger partial charge in [0.05, 0.1) is 5.69 Å². The number of hydrogen-bond donors (Lipinski definition) is 0. The Kier molecular flexibility index (Phi) is 3.93. The number of nitrogens with zero attached hydrogens (tertiary/aromatic N) is 2. The zero-order chi connectivity index (χ0) is 15.8. The van der Waals surface area contributed by atoms with Gasteiger partial charge in [-0.1, -0.05) is 29.3 Å². The maximum atomic E-state index is 11.6. The Labute approximate surface area is 141 Å². The first-order valence-corrected chi connectivity index (χ1v) is 8.47. The second-order valence-electron chi connectivity index (χ2n) is 6.22. The van der Waals surface area contributed by atoms with Crippen LogP contribution in [0.25, 0.3) is 5.57 Å². The third-order valence-corrected chi connectivity index (χ3v) is 5.04. The number of fused-ring (bicyclic) bond motifs is 2. The molecule has 1 fully saturated rings. The number of hydrogen-bond acceptors (Lipinski definition) is 3. The number of halogens is 1. The summed E-state index contributed by atoms with van der Waals surface area (Å²) in [5.74, 6) is 0. The Morgan fingerprint density at radius 3 is 2.61 bits per heavy atom. The average Bonchev–Trinajstić information content (AvgIpc) is 2.72. The molecule has 0 spiro atoms. The Balaban J connectivity index is 1.94. The van der Waals surface area contributed by atoms with Gasteiger partial charge in [0, 0.05) is 16.8 Å². The van der Waals surface area contributed by atoms with Gasteiger partial charge in [-0.25, -0.2) is 0 Å². The second-order valence-corrected chi connectivity index (χ2v) is 6.66. The molecule has 1 aliphatic heterocycles. The summed E-state index contributed by atoms with van der Waals surface area (Å²) in [6, 6.07) is 10.3. The fraction of sp³-hybridized carbons (Fsp3) is 0.316. The Morgan fingerprint density at radius 2 is 1.78 bits per heavy atom. The van der Waals surface area contributed by atoms with Crippen LogP contribution >= 0.6 is 11.6 Å². The van der Waals surface area contributed by atoms with Crippen molar-refractivity contribution < 1.29 is 0 Å². The Morgan fingerprint density at radius 1 is 1.00 bits per heavy atom. The zero-order valence-corrected chi connectivity index (χ0v) is 13.6. The molecule has 0 saturated carbocycles. The van der Waals surface area contributed by atoms with Crippen LogP contribution in [0.1, 0.15) is 35.2 Å². The normalized spacial score (nSPS) is 18.3. The molecule has 0 bridgehead atoms. The largest absolute Gasteiger partial charge is 0.785 e. The van der Waals surface area contributed by atoms with E-state index in [0.717, 1.165) is 41.5 Å². The molecule has 2 heterocycles. The molecule has 0 unspecified atom stereocenters. The lowest BCUT2D eigenvalue weighted by Gasteiger charge is -2.34. The van der Waals surface area contributed by atoms with Crippen molar-refractivity contribution >= 4 is 17.2 Å². The molecule has 1 aromatic heterocycles. The standard InChI is InChI=1S/C19H18ClN2O/c20-16-5-6-17-15(12-16)4-3-14-2-1-9-21-19(14)18(17)13-7-10-22(23)11-8-13/h1-2,5-6,9,12H,3-4,7-8,10-11H2/q-1. The van der Waals surface area contributed by atoms with E-state index in [1.165, 1.54) is 27.8 Å². The van der Waals surface area contributed by atoms with E-state index < -0.39 is 0 Å². The van der Waals surface area contributed by atoms with Crippen LogP contribution in [0.15, 0.2) is 42.1 Å². The van der Waals surface area contributed by atoms with Gasteiger partial charge in [0.25, 0.3) is 0 Å². The van der Waals surface area contributed by atoms with Crippen molar-refractivity contribution in [1.82, 2.24) is 10.0 Å². The molecule has 1 saturated heterocycles. The third kappa shape index (κ3) is 2.80. The van der Waals surface area contributed by atoms with Crippen molar-refractivity contribution in [3.05, 3.63) is 74.7 Å². The molecule has 2 aliphatic rings. The van der Waals surface area contributed by atoms with Crippen molar-refractivity contribution in [3.8, 4) is 0 Å². The van der Waals surface area contributed by atoms with Gasteiger partial charge in [-0.05, 0) is 73.7 Å². The average molecular weight is 326 g/mol. The molecule has 0 atom stereocenters. The van der Waals surface area contributed by atoms with Gasteiger partial charge < -0.3 is 10.3 Å². The first kappa shape index (κ1) is 14.9. The van der Waals surface area contributed by atoms with E-state index in [2.05, 4.69) is 18.2 Å². The van der Waals surface area contributed by atoms with Gasteiger partial charge in [0.15, 0.2) is 0 Å². The maximum Gasteiger partial charge on any atom is 0.0739 e. The van der Waals surface area contributed by atoms with Crippen molar-refractivity contribution in [3.63, 3.8) is 0 Å². The summed E-state index contributed by atoms with van der Waals surface area (Å²) in [4.78, 5) is 4.69. The quantitative estimate of drug-likeness (QED) is 0.727. The van der Waals surface area contributed by atoms with Crippen molar-refractivity contribution in [2.75, 3.05) is 13.1 Å². The lowest BCUT2D eigenvalue weighted by atomic mass is 9.89. The number of hydroxylamine groups is 2. The van der Waals surface area contributed by atoms with Crippen molar-refractivity contribution in [1.29, 1.82) is 0 Å². The van der Waals surface area contributed by atoms with Crippen molar-refractivity contribution in [2.24, 2.45) is 0 Å². The molecule has 118 valence electrons. The van der Waals surface area contributed by atoms with E-state index in [0.29, 0.717) is 13.1 Å². The predicted octanol–water partition coefficient (Wildman–Crippen LogP) is 4.23. The molecule has 0 amide bonds. The molecule has 3 nitrogen and oxygen atoms in total. The van der Waals surface area contributed by atoms with E-state index in [4.69, 9.17) is 16.6 Å². The molecule has 4 rings (SSSR count). The van der Waals surface area contributed by atoms with E-state index >= 15 is 0 Å². The van der Waals surface area contributed by atoms with Crippen LogP contribution in [0, 0.1) is 5.21 Å². The number of aromatic nitrogens is 1. The van der Waals surface area contributed by atoms with Crippen LogP contribution in [0.5, 0.6) is 0 Å². The number of rotatable bonds is 0. The highest BCUT2D eigenvalue weighted by atomic mass is 35.5. The van der Waals surface area contributed by atoms with Crippen LogP contribution in [0.3, 0.4) is 0 Å². The number of pyridine rings is 1. The number of aryl methyl sites for hydroxylation is 2. The molecule has 0 radical (unpaired) electrons. The van der Waals surface area contributed by atoms with Crippen LogP contribution in [-0.4, -0.2) is 23.1 Å². The lowest BCUT2D eigenvalue weighted by molar-refractivity contribution is 0.352. The van der Waals surface area contributed by atoms with Crippen LogP contribution in [-0.2, 0) is 12.8 Å². The smallest absolute Gasteiger partial charge is 0.0739 e. The summed E-state index contributed by atoms with van der Waals surface area (Å²) in [5.41, 5.74) is 7.47. The molecule has 2 aromatic rings. The molecular weight excluding hydrogens is 308 g/mol. The van der Waals surface area contributed by atoms with Gasteiger partial charge in [0.1, 0.15) is 0 Å². The highest BCUT2D eigenvalue weighted by Gasteiger charge is 2.23. The fourth-order valence-corrected chi connectivity index (χ4v) is 3.83. The number of piperidine rings is 1. The third-order valence-electron chi connectivity index (χ3n) is 4.81. The van der Waals surface area contributed by atoms with E-state index in [1.54, 1.807) is 0 Å². The van der Waals surface area contributed by atoms with Crippen LogP contribution < -0.4 is 0 Å². The summed E-state index contributed by atoms with van der Waals surface area (Å²) >= 11 is 6.21. The van der Waals surface area contributed by atoms with E-state index in [9.17, 15) is 5.21 Å². The van der Waals surface area contributed by atoms with Gasteiger partial charge >= 0.3 is 0 Å². The lowest BCUT2D eigenvalue weighted by Crippen LogP contribution is -2.25.